The number of hydrogen-bond acceptors (Lipinski definition) is 5. The van der Waals surface area contributed by atoms with Gasteiger partial charge in [-0.2, -0.15) is 0 Å². The van der Waals surface area contributed by atoms with Gasteiger partial charge in [-0.05, 0) is 31.0 Å². The molecule has 0 aliphatic heterocycles. The van der Waals surface area contributed by atoms with Crippen LogP contribution in [0.5, 0.6) is 0 Å². The lowest BCUT2D eigenvalue weighted by Crippen LogP contribution is -1.94. The Morgan fingerprint density at radius 3 is 2.74 bits per heavy atom. The van der Waals surface area contributed by atoms with Crippen molar-refractivity contribution in [3.05, 3.63) is 69.4 Å². The number of rotatable bonds is 4. The lowest BCUT2D eigenvalue weighted by atomic mass is 10.1. The summed E-state index contributed by atoms with van der Waals surface area (Å²) in [6, 6.07) is 12.8. The van der Waals surface area contributed by atoms with E-state index in [1.165, 1.54) is 17.8 Å². The summed E-state index contributed by atoms with van der Waals surface area (Å²) in [7, 11) is 0. The minimum Gasteiger partial charge on any atom is -0.258 e. The minimum atomic E-state index is -0.381. The summed E-state index contributed by atoms with van der Waals surface area (Å²) in [6.45, 7) is 4.00. The first kappa shape index (κ1) is 15.4. The highest BCUT2D eigenvalue weighted by Gasteiger charge is 2.08. The Kier molecular flexibility index (Phi) is 4.25. The average molecular weight is 325 g/mol. The van der Waals surface area contributed by atoms with Crippen molar-refractivity contribution in [2.45, 2.75) is 24.8 Å². The number of thioether (sulfide) groups is 1. The second-order valence-electron chi connectivity index (χ2n) is 5.33. The van der Waals surface area contributed by atoms with Crippen molar-refractivity contribution in [3.63, 3.8) is 0 Å². The van der Waals surface area contributed by atoms with Gasteiger partial charge in [0.2, 0.25) is 0 Å². The maximum atomic E-state index is 10.8. The van der Waals surface area contributed by atoms with E-state index >= 15 is 0 Å². The molecule has 0 fully saturated rings. The molecule has 6 heteroatoms. The van der Waals surface area contributed by atoms with Gasteiger partial charge >= 0.3 is 0 Å². The Bertz CT molecular complexity index is 896. The van der Waals surface area contributed by atoms with E-state index in [-0.39, 0.29) is 10.6 Å². The van der Waals surface area contributed by atoms with Crippen LogP contribution in [0.1, 0.15) is 16.8 Å². The Balaban J connectivity index is 1.84. The molecule has 2 aromatic carbocycles. The monoisotopic (exact) mass is 325 g/mol. The molecule has 0 saturated heterocycles. The van der Waals surface area contributed by atoms with Gasteiger partial charge < -0.3 is 0 Å². The normalized spacial score (nSPS) is 10.9. The van der Waals surface area contributed by atoms with Gasteiger partial charge in [0.05, 0.1) is 10.4 Å². The van der Waals surface area contributed by atoms with E-state index in [4.69, 9.17) is 0 Å². The van der Waals surface area contributed by atoms with E-state index in [1.54, 1.807) is 12.1 Å². The molecule has 0 aliphatic carbocycles. The van der Waals surface area contributed by atoms with Crippen molar-refractivity contribution in [1.29, 1.82) is 0 Å². The van der Waals surface area contributed by atoms with Gasteiger partial charge in [0.15, 0.2) is 5.16 Å². The maximum absolute atomic E-state index is 10.8. The van der Waals surface area contributed by atoms with Gasteiger partial charge in [0.25, 0.3) is 5.69 Å². The van der Waals surface area contributed by atoms with Crippen molar-refractivity contribution in [2.75, 3.05) is 0 Å². The lowest BCUT2D eigenvalue weighted by Gasteiger charge is -2.06. The quantitative estimate of drug-likeness (QED) is 0.307. The standard InChI is InChI=1S/C17H15N3O2S/c1-11-6-7-15-12(2)18-17(19-16(15)8-11)23-10-13-4-3-5-14(9-13)20(21)22/h3-9H,10H2,1-2H3. The molecule has 0 aliphatic rings. The van der Waals surface area contributed by atoms with Gasteiger partial charge in [-0.3, -0.25) is 10.1 Å². The highest BCUT2D eigenvalue weighted by molar-refractivity contribution is 7.98. The number of nitrogens with zero attached hydrogens (tertiary/aromatic N) is 3. The maximum Gasteiger partial charge on any atom is 0.269 e. The first-order valence-electron chi connectivity index (χ1n) is 7.14. The second-order valence-corrected chi connectivity index (χ2v) is 6.27. The molecule has 0 saturated carbocycles. The van der Waals surface area contributed by atoms with E-state index in [0.717, 1.165) is 27.7 Å². The number of non-ortho nitro benzene ring substituents is 1. The highest BCUT2D eigenvalue weighted by Crippen LogP contribution is 2.25. The van der Waals surface area contributed by atoms with E-state index in [0.29, 0.717) is 10.9 Å². The number of fused-ring (bicyclic) bond motifs is 1. The Labute approximate surface area is 137 Å². The zero-order valence-corrected chi connectivity index (χ0v) is 13.6. The first-order chi connectivity index (χ1) is 11.0. The molecule has 0 unspecified atom stereocenters. The fourth-order valence-corrected chi connectivity index (χ4v) is 3.18. The van der Waals surface area contributed by atoms with Crippen LogP contribution >= 0.6 is 11.8 Å². The van der Waals surface area contributed by atoms with Crippen molar-refractivity contribution < 1.29 is 4.92 Å². The number of aryl methyl sites for hydroxylation is 2. The number of nitro groups is 1. The van der Waals surface area contributed by atoms with Crippen LogP contribution in [0.4, 0.5) is 5.69 Å². The smallest absolute Gasteiger partial charge is 0.258 e. The van der Waals surface area contributed by atoms with Gasteiger partial charge in [0, 0.05) is 29.0 Å². The van der Waals surface area contributed by atoms with E-state index in [9.17, 15) is 10.1 Å². The lowest BCUT2D eigenvalue weighted by molar-refractivity contribution is -0.384. The van der Waals surface area contributed by atoms with Crippen molar-refractivity contribution in [2.24, 2.45) is 0 Å². The molecule has 5 nitrogen and oxygen atoms in total. The van der Waals surface area contributed by atoms with Crippen LogP contribution in [0.3, 0.4) is 0 Å². The SMILES string of the molecule is Cc1ccc2c(C)nc(SCc3cccc([N+](=O)[O-])c3)nc2c1. The number of aromatic nitrogens is 2. The second kappa shape index (κ2) is 6.34. The first-order valence-corrected chi connectivity index (χ1v) is 8.12. The van der Waals surface area contributed by atoms with Crippen molar-refractivity contribution in [1.82, 2.24) is 9.97 Å². The molecular formula is C17H15N3O2S. The summed E-state index contributed by atoms with van der Waals surface area (Å²) in [5.41, 5.74) is 4.02. The third-order valence-corrected chi connectivity index (χ3v) is 4.43. The third kappa shape index (κ3) is 3.48. The molecular weight excluding hydrogens is 310 g/mol. The summed E-state index contributed by atoms with van der Waals surface area (Å²) in [6.07, 6.45) is 0. The van der Waals surface area contributed by atoms with E-state index in [1.807, 2.05) is 32.0 Å². The number of benzene rings is 2. The van der Waals surface area contributed by atoms with Gasteiger partial charge in [-0.15, -0.1) is 0 Å². The predicted molar refractivity (Wildman–Crippen MR) is 91.7 cm³/mol. The van der Waals surface area contributed by atoms with Crippen LogP contribution in [0.2, 0.25) is 0 Å². The zero-order valence-electron chi connectivity index (χ0n) is 12.8. The van der Waals surface area contributed by atoms with Crippen LogP contribution in [-0.4, -0.2) is 14.9 Å². The molecule has 0 spiro atoms. The van der Waals surface area contributed by atoms with Crippen molar-refractivity contribution in [3.8, 4) is 0 Å². The topological polar surface area (TPSA) is 68.9 Å². The summed E-state index contributed by atoms with van der Waals surface area (Å²) >= 11 is 1.48. The summed E-state index contributed by atoms with van der Waals surface area (Å²) in [4.78, 5) is 19.6. The predicted octanol–water partition coefficient (Wildman–Crippen LogP) is 4.45. The Morgan fingerprint density at radius 2 is 1.96 bits per heavy atom. The minimum absolute atomic E-state index is 0.106. The Hall–Kier alpha value is -2.47. The average Bonchev–Trinajstić information content (AvgIpc) is 2.52. The Morgan fingerprint density at radius 1 is 1.13 bits per heavy atom. The largest absolute Gasteiger partial charge is 0.269 e. The van der Waals surface area contributed by atoms with Crippen molar-refractivity contribution >= 4 is 28.4 Å². The van der Waals surface area contributed by atoms with Crippen LogP contribution in [-0.2, 0) is 5.75 Å². The fourth-order valence-electron chi connectivity index (χ4n) is 2.34. The fraction of sp³-hybridized carbons (Fsp3) is 0.176. The summed E-state index contributed by atoms with van der Waals surface area (Å²) in [5.74, 6) is 0.596. The van der Waals surface area contributed by atoms with Crippen LogP contribution in [0.15, 0.2) is 47.6 Å². The van der Waals surface area contributed by atoms with Gasteiger partial charge in [0.1, 0.15) is 0 Å². The van der Waals surface area contributed by atoms with Gasteiger partial charge in [-0.1, -0.05) is 36.0 Å². The summed E-state index contributed by atoms with van der Waals surface area (Å²) < 4.78 is 0. The molecule has 3 rings (SSSR count). The molecule has 116 valence electrons. The molecule has 1 aromatic heterocycles. The van der Waals surface area contributed by atoms with Crippen LogP contribution < -0.4 is 0 Å². The van der Waals surface area contributed by atoms with Crippen LogP contribution in [0.25, 0.3) is 10.9 Å². The molecule has 3 aromatic rings. The molecule has 0 amide bonds. The summed E-state index contributed by atoms with van der Waals surface area (Å²) in [5, 5.41) is 12.6. The molecule has 0 N–H and O–H groups in total. The van der Waals surface area contributed by atoms with E-state index in [2.05, 4.69) is 16.0 Å². The zero-order chi connectivity index (χ0) is 16.4. The van der Waals surface area contributed by atoms with Gasteiger partial charge in [-0.25, -0.2) is 9.97 Å². The third-order valence-electron chi connectivity index (χ3n) is 3.51. The number of nitro benzene ring substituents is 1. The molecule has 23 heavy (non-hydrogen) atoms. The highest BCUT2D eigenvalue weighted by atomic mass is 32.2. The number of hydrogen-bond donors (Lipinski definition) is 0. The molecule has 0 atom stereocenters. The van der Waals surface area contributed by atoms with Crippen LogP contribution in [0, 0.1) is 24.0 Å². The molecule has 0 bridgehead atoms. The molecule has 1 heterocycles. The van der Waals surface area contributed by atoms with E-state index < -0.39 is 0 Å². The molecule has 0 radical (unpaired) electrons.